The lowest BCUT2D eigenvalue weighted by Crippen LogP contribution is -2.04. The fourth-order valence-electron chi connectivity index (χ4n) is 1.34. The number of nitrogen functional groups attached to an aromatic ring is 1. The average Bonchev–Trinajstić information content (AvgIpc) is 2.33. The number of aromatic nitrogens is 1. The first-order valence-corrected chi connectivity index (χ1v) is 5.51. The summed E-state index contributed by atoms with van der Waals surface area (Å²) < 4.78 is 42.7. The van der Waals surface area contributed by atoms with Gasteiger partial charge in [0.2, 0.25) is 5.88 Å². The van der Waals surface area contributed by atoms with E-state index < -0.39 is 11.7 Å². The van der Waals surface area contributed by atoms with E-state index in [1.807, 2.05) is 0 Å². The summed E-state index contributed by atoms with van der Waals surface area (Å²) in [6, 6.07) is 7.35. The third kappa shape index (κ3) is 3.29. The van der Waals surface area contributed by atoms with E-state index in [1.54, 1.807) is 0 Å². The topological polar surface area (TPSA) is 48.1 Å². The van der Waals surface area contributed by atoms with Crippen molar-refractivity contribution in [1.29, 1.82) is 0 Å². The molecule has 2 N–H and O–H groups in total. The lowest BCUT2D eigenvalue weighted by molar-refractivity contribution is -0.137. The number of halogens is 4. The van der Waals surface area contributed by atoms with Gasteiger partial charge in [-0.05, 0) is 24.3 Å². The van der Waals surface area contributed by atoms with Crippen molar-refractivity contribution in [2.75, 3.05) is 5.73 Å². The molecular formula is C12H8ClF3N2O. The number of pyridine rings is 1. The van der Waals surface area contributed by atoms with E-state index in [2.05, 4.69) is 4.98 Å². The molecule has 1 aromatic heterocycles. The highest BCUT2D eigenvalue weighted by Crippen LogP contribution is 2.32. The molecule has 0 atom stereocenters. The summed E-state index contributed by atoms with van der Waals surface area (Å²) >= 11 is 5.69. The van der Waals surface area contributed by atoms with E-state index in [-0.39, 0.29) is 22.5 Å². The molecule has 0 bridgehead atoms. The van der Waals surface area contributed by atoms with E-state index in [0.29, 0.717) is 0 Å². The minimum atomic E-state index is -4.43. The third-order valence-electron chi connectivity index (χ3n) is 2.24. The maximum absolute atomic E-state index is 12.5. The van der Waals surface area contributed by atoms with E-state index in [9.17, 15) is 13.2 Å². The number of benzene rings is 1. The Morgan fingerprint density at radius 2 is 1.89 bits per heavy atom. The molecule has 7 heteroatoms. The Balaban J connectivity index is 2.26. The van der Waals surface area contributed by atoms with E-state index in [4.69, 9.17) is 22.1 Å². The molecule has 100 valence electrons. The Morgan fingerprint density at radius 1 is 1.16 bits per heavy atom. The maximum Gasteiger partial charge on any atom is 0.416 e. The van der Waals surface area contributed by atoms with Crippen LogP contribution in [0.5, 0.6) is 11.6 Å². The zero-order valence-corrected chi connectivity index (χ0v) is 10.2. The Bertz CT molecular complexity index is 602. The van der Waals surface area contributed by atoms with Crippen LogP contribution in [-0.2, 0) is 6.18 Å². The number of nitrogens with zero attached hydrogens (tertiary/aromatic N) is 1. The summed E-state index contributed by atoms with van der Waals surface area (Å²) in [6.45, 7) is 0. The van der Waals surface area contributed by atoms with Crippen molar-refractivity contribution in [2.45, 2.75) is 6.18 Å². The number of hydrogen-bond acceptors (Lipinski definition) is 3. The number of ether oxygens (including phenoxy) is 1. The summed E-state index contributed by atoms with van der Waals surface area (Å²) in [5.41, 5.74) is 4.93. The van der Waals surface area contributed by atoms with Crippen LogP contribution < -0.4 is 10.5 Å². The number of rotatable bonds is 2. The van der Waals surface area contributed by atoms with Crippen molar-refractivity contribution in [3.05, 3.63) is 47.1 Å². The van der Waals surface area contributed by atoms with Gasteiger partial charge in [-0.2, -0.15) is 18.2 Å². The molecule has 0 spiro atoms. The van der Waals surface area contributed by atoms with Crippen molar-refractivity contribution in [1.82, 2.24) is 4.98 Å². The standard InChI is InChI=1S/C12H8ClF3N2O/c13-11-9(17)4-5-10(18-11)19-8-3-1-2-7(6-8)12(14,15)16/h1-6H,17H2. The van der Waals surface area contributed by atoms with Gasteiger partial charge in [-0.1, -0.05) is 17.7 Å². The van der Waals surface area contributed by atoms with Crippen molar-refractivity contribution in [2.24, 2.45) is 0 Å². The van der Waals surface area contributed by atoms with Crippen molar-refractivity contribution < 1.29 is 17.9 Å². The van der Waals surface area contributed by atoms with E-state index in [1.165, 1.54) is 24.3 Å². The quantitative estimate of drug-likeness (QED) is 0.845. The summed E-state index contributed by atoms with van der Waals surface area (Å²) in [6.07, 6.45) is -4.43. The molecule has 1 heterocycles. The fourth-order valence-corrected chi connectivity index (χ4v) is 1.49. The van der Waals surface area contributed by atoms with Gasteiger partial charge in [0.15, 0.2) is 5.15 Å². The summed E-state index contributed by atoms with van der Waals surface area (Å²) in [5.74, 6) is 0.0849. The molecule has 0 saturated heterocycles. The summed E-state index contributed by atoms with van der Waals surface area (Å²) in [5, 5.41) is 0.0319. The molecule has 19 heavy (non-hydrogen) atoms. The molecule has 0 amide bonds. The predicted molar refractivity (Wildman–Crippen MR) is 65.2 cm³/mol. The Hall–Kier alpha value is -1.95. The van der Waals surface area contributed by atoms with Crippen LogP contribution in [-0.4, -0.2) is 4.98 Å². The number of alkyl halides is 3. The van der Waals surface area contributed by atoms with Gasteiger partial charge < -0.3 is 10.5 Å². The van der Waals surface area contributed by atoms with Gasteiger partial charge in [-0.15, -0.1) is 0 Å². The molecule has 0 saturated carbocycles. The minimum Gasteiger partial charge on any atom is -0.439 e. The summed E-state index contributed by atoms with van der Waals surface area (Å²) in [4.78, 5) is 3.80. The smallest absolute Gasteiger partial charge is 0.416 e. The minimum absolute atomic E-state index is 0.0168. The molecule has 3 nitrogen and oxygen atoms in total. The molecule has 0 radical (unpaired) electrons. The zero-order valence-electron chi connectivity index (χ0n) is 9.41. The maximum atomic E-state index is 12.5. The van der Waals surface area contributed by atoms with Crippen LogP contribution in [0.25, 0.3) is 0 Å². The molecular weight excluding hydrogens is 281 g/mol. The lowest BCUT2D eigenvalue weighted by Gasteiger charge is -2.09. The van der Waals surface area contributed by atoms with Gasteiger partial charge in [0.25, 0.3) is 0 Å². The zero-order chi connectivity index (χ0) is 14.0. The largest absolute Gasteiger partial charge is 0.439 e. The molecule has 0 fully saturated rings. The van der Waals surface area contributed by atoms with E-state index in [0.717, 1.165) is 12.1 Å². The molecule has 0 unspecified atom stereocenters. The first kappa shape index (κ1) is 13.5. The molecule has 1 aromatic carbocycles. The fraction of sp³-hybridized carbons (Fsp3) is 0.0833. The van der Waals surface area contributed by atoms with Crippen LogP contribution in [0.1, 0.15) is 5.56 Å². The number of hydrogen-bond donors (Lipinski definition) is 1. The Morgan fingerprint density at radius 3 is 2.53 bits per heavy atom. The molecule has 2 aromatic rings. The van der Waals surface area contributed by atoms with Crippen molar-refractivity contribution in [3.8, 4) is 11.6 Å². The molecule has 0 aliphatic rings. The second-order valence-corrected chi connectivity index (χ2v) is 4.02. The normalized spacial score (nSPS) is 11.4. The predicted octanol–water partition coefficient (Wildman–Crippen LogP) is 4.13. The highest BCUT2D eigenvalue weighted by Gasteiger charge is 2.30. The van der Waals surface area contributed by atoms with Crippen LogP contribution in [0.2, 0.25) is 5.15 Å². The van der Waals surface area contributed by atoms with Crippen LogP contribution in [0.4, 0.5) is 18.9 Å². The van der Waals surface area contributed by atoms with Crippen molar-refractivity contribution >= 4 is 17.3 Å². The molecule has 0 aliphatic carbocycles. The third-order valence-corrected chi connectivity index (χ3v) is 2.54. The van der Waals surface area contributed by atoms with Crippen molar-refractivity contribution in [3.63, 3.8) is 0 Å². The number of anilines is 1. The molecule has 2 rings (SSSR count). The van der Waals surface area contributed by atoms with Crippen LogP contribution in [0, 0.1) is 0 Å². The molecule has 0 aliphatic heterocycles. The van der Waals surface area contributed by atoms with Gasteiger partial charge in [-0.3, -0.25) is 0 Å². The second kappa shape index (κ2) is 4.97. The van der Waals surface area contributed by atoms with Gasteiger partial charge in [0.1, 0.15) is 5.75 Å². The highest BCUT2D eigenvalue weighted by atomic mass is 35.5. The lowest BCUT2D eigenvalue weighted by atomic mass is 10.2. The number of nitrogens with two attached hydrogens (primary N) is 1. The van der Waals surface area contributed by atoms with Crippen LogP contribution in [0.15, 0.2) is 36.4 Å². The van der Waals surface area contributed by atoms with Gasteiger partial charge in [0, 0.05) is 6.07 Å². The monoisotopic (exact) mass is 288 g/mol. The Labute approximate surface area is 111 Å². The SMILES string of the molecule is Nc1ccc(Oc2cccc(C(F)(F)F)c2)nc1Cl. The average molecular weight is 289 g/mol. The first-order valence-electron chi connectivity index (χ1n) is 5.13. The van der Waals surface area contributed by atoms with Gasteiger partial charge in [-0.25, -0.2) is 0 Å². The first-order chi connectivity index (χ1) is 8.86. The van der Waals surface area contributed by atoms with Crippen LogP contribution in [0.3, 0.4) is 0 Å². The van der Waals surface area contributed by atoms with E-state index >= 15 is 0 Å². The van der Waals surface area contributed by atoms with Crippen LogP contribution >= 0.6 is 11.6 Å². The van der Waals surface area contributed by atoms with Gasteiger partial charge >= 0.3 is 6.18 Å². The second-order valence-electron chi connectivity index (χ2n) is 3.66. The highest BCUT2D eigenvalue weighted by molar-refractivity contribution is 6.31. The van der Waals surface area contributed by atoms with Gasteiger partial charge in [0.05, 0.1) is 11.3 Å². The summed E-state index contributed by atoms with van der Waals surface area (Å²) in [7, 11) is 0. The Kier molecular flexibility index (Phi) is 3.53.